The molecule has 2 fully saturated rings. The van der Waals surface area contributed by atoms with Gasteiger partial charge in [0.1, 0.15) is 17.3 Å². The number of ether oxygens (including phenoxy) is 1. The quantitative estimate of drug-likeness (QED) is 0.115. The molecule has 3 aromatic heterocycles. The predicted molar refractivity (Wildman–Crippen MR) is 242 cm³/mol. The molecule has 0 radical (unpaired) electrons. The molecule has 2 aliphatic rings. The zero-order chi connectivity index (χ0) is 45.2. The summed E-state index contributed by atoms with van der Waals surface area (Å²) in [6.45, 7) is 3.06. The molecule has 332 valence electrons. The van der Waals surface area contributed by atoms with Crippen LogP contribution in [0.15, 0.2) is 101 Å². The third kappa shape index (κ3) is 9.39. The Balaban J connectivity index is 0.837. The molecule has 4 heterocycles. The average molecular weight is 908 g/mol. The lowest BCUT2D eigenvalue weighted by molar-refractivity contribution is 0.0434. The van der Waals surface area contributed by atoms with Gasteiger partial charge in [0.15, 0.2) is 21.3 Å². The molecule has 0 spiro atoms. The van der Waals surface area contributed by atoms with Crippen LogP contribution in [-0.2, 0) is 29.2 Å². The first-order valence-electron chi connectivity index (χ1n) is 21.5. The largest absolute Gasteiger partial charge is 0.490 e. The van der Waals surface area contributed by atoms with Gasteiger partial charge in [0.25, 0.3) is 17.4 Å². The number of rotatable bonds is 13. The first-order valence-corrected chi connectivity index (χ1v) is 23.5. The fourth-order valence-electron chi connectivity index (χ4n) is 8.77. The van der Waals surface area contributed by atoms with Crippen LogP contribution in [0, 0.1) is 17.2 Å². The number of aryl methyl sites for hydroxylation is 2. The van der Waals surface area contributed by atoms with Crippen LogP contribution in [0.1, 0.15) is 84.6 Å². The minimum absolute atomic E-state index is 0.00111. The molecule has 0 unspecified atom stereocenters. The number of aromatic nitrogens is 4. The third-order valence-electron chi connectivity index (χ3n) is 12.6. The maximum atomic E-state index is 16.6. The summed E-state index contributed by atoms with van der Waals surface area (Å²) in [5.41, 5.74) is 1.28. The number of amides is 1. The number of piperidine rings is 1. The lowest BCUT2D eigenvalue weighted by Gasteiger charge is -2.32. The van der Waals surface area contributed by atoms with E-state index in [1.807, 2.05) is 12.1 Å². The van der Waals surface area contributed by atoms with Gasteiger partial charge in [0, 0.05) is 66.7 Å². The Kier molecular flexibility index (Phi) is 12.9. The summed E-state index contributed by atoms with van der Waals surface area (Å²) in [6.07, 6.45) is 9.54. The van der Waals surface area contributed by atoms with Crippen molar-refractivity contribution in [1.29, 1.82) is 5.26 Å². The zero-order valence-electron chi connectivity index (χ0n) is 35.5. The van der Waals surface area contributed by atoms with Crippen LogP contribution in [0.5, 0.6) is 5.75 Å². The Morgan fingerprint density at radius 3 is 2.39 bits per heavy atom. The lowest BCUT2D eigenvalue weighted by atomic mass is 9.89. The standard InChI is InChI=1S/C48H48ClF2N7O5S/c1-3-64(61,62)37-16-17-41(39(27-37)40-29-57(2)47(60)45-38(40)20-23-53-45)48(50,51)33-9-6-30(7-10-33)4-5-31-21-24-58(25-22-31)44-19-18-43(55-56-44)46(59)54-34-11-14-35(15-12-34)63-36-13-8-32(28-52)42(49)26-36/h6-10,13,16-20,23,26-27,29,31,34-35,53H,3-5,11-12,14-15,21-22,24-25H2,1-2H3,(H,54,59). The number of sulfone groups is 1. The van der Waals surface area contributed by atoms with E-state index in [4.69, 9.17) is 21.6 Å². The number of aromatic amines is 1. The van der Waals surface area contributed by atoms with Gasteiger partial charge in [-0.2, -0.15) is 14.0 Å². The molecule has 1 amide bonds. The Labute approximate surface area is 375 Å². The number of carbonyl (C=O) groups is 1. The van der Waals surface area contributed by atoms with Crippen molar-refractivity contribution in [2.75, 3.05) is 23.7 Å². The van der Waals surface area contributed by atoms with Gasteiger partial charge in [-0.05, 0) is 111 Å². The number of alkyl halides is 2. The summed E-state index contributed by atoms with van der Waals surface area (Å²) >= 11 is 6.15. The highest BCUT2D eigenvalue weighted by atomic mass is 35.5. The maximum Gasteiger partial charge on any atom is 0.299 e. The number of nitriles is 1. The molecule has 1 aliphatic carbocycles. The highest BCUT2D eigenvalue weighted by molar-refractivity contribution is 7.91. The number of nitrogens with zero attached hydrogens (tertiary/aromatic N) is 5. The number of anilines is 1. The first kappa shape index (κ1) is 44.5. The van der Waals surface area contributed by atoms with E-state index in [1.54, 1.807) is 48.7 Å². The van der Waals surface area contributed by atoms with E-state index in [-0.39, 0.29) is 62.2 Å². The second-order valence-corrected chi connectivity index (χ2v) is 19.4. The Bertz CT molecular complexity index is 2880. The number of H-pyrrole nitrogens is 1. The molecule has 8 rings (SSSR count). The molecule has 16 heteroatoms. The predicted octanol–water partition coefficient (Wildman–Crippen LogP) is 8.75. The molecule has 1 saturated carbocycles. The van der Waals surface area contributed by atoms with Crippen LogP contribution in [-0.4, -0.2) is 65.1 Å². The first-order chi connectivity index (χ1) is 30.7. The molecular weight excluding hydrogens is 860 g/mol. The number of carbonyl (C=O) groups excluding carboxylic acids is 1. The Morgan fingerprint density at radius 2 is 1.72 bits per heavy atom. The van der Waals surface area contributed by atoms with Gasteiger partial charge < -0.3 is 24.5 Å². The van der Waals surface area contributed by atoms with Crippen LogP contribution in [0.3, 0.4) is 0 Å². The van der Waals surface area contributed by atoms with Crippen LogP contribution in [0.2, 0.25) is 5.02 Å². The molecule has 0 atom stereocenters. The topological polar surface area (TPSA) is 163 Å². The van der Waals surface area contributed by atoms with E-state index >= 15 is 8.78 Å². The molecule has 12 nitrogen and oxygen atoms in total. The molecule has 1 saturated heterocycles. The zero-order valence-corrected chi connectivity index (χ0v) is 37.1. The number of hydrogen-bond acceptors (Lipinski definition) is 9. The smallest absolute Gasteiger partial charge is 0.299 e. The van der Waals surface area contributed by atoms with E-state index < -0.39 is 15.8 Å². The van der Waals surface area contributed by atoms with Crippen molar-refractivity contribution in [1.82, 2.24) is 25.1 Å². The van der Waals surface area contributed by atoms with Gasteiger partial charge in [0.05, 0.1) is 27.3 Å². The summed E-state index contributed by atoms with van der Waals surface area (Å²) in [6, 6.07) is 22.3. The van der Waals surface area contributed by atoms with Crippen molar-refractivity contribution in [3.63, 3.8) is 0 Å². The Morgan fingerprint density at radius 1 is 0.969 bits per heavy atom. The van der Waals surface area contributed by atoms with Gasteiger partial charge in [-0.25, -0.2) is 8.42 Å². The van der Waals surface area contributed by atoms with Crippen molar-refractivity contribution in [2.45, 2.75) is 81.3 Å². The van der Waals surface area contributed by atoms with E-state index in [2.05, 4.69) is 25.4 Å². The van der Waals surface area contributed by atoms with Gasteiger partial charge in [0.2, 0.25) is 0 Å². The SMILES string of the molecule is CCS(=O)(=O)c1ccc(C(F)(F)c2ccc(CCC3CCN(c4ccc(C(=O)NC5CCC(Oc6ccc(C#N)c(Cl)c6)CC5)nn4)CC3)cc2)c(-c2cn(C)c(=O)c3[nH]ccc23)c1. The van der Waals surface area contributed by atoms with Crippen molar-refractivity contribution in [3.8, 4) is 22.9 Å². The van der Waals surface area contributed by atoms with Crippen LogP contribution in [0.25, 0.3) is 22.0 Å². The van der Waals surface area contributed by atoms with Gasteiger partial charge in [-0.3, -0.25) is 9.59 Å². The molecule has 1 aliphatic heterocycles. The number of benzene rings is 3. The molecule has 64 heavy (non-hydrogen) atoms. The highest BCUT2D eigenvalue weighted by Gasteiger charge is 2.38. The summed E-state index contributed by atoms with van der Waals surface area (Å²) in [4.78, 5) is 30.8. The number of halogens is 3. The molecule has 6 aromatic rings. The van der Waals surface area contributed by atoms with Crippen molar-refractivity contribution in [3.05, 3.63) is 135 Å². The number of pyridine rings is 1. The minimum Gasteiger partial charge on any atom is -0.490 e. The van der Waals surface area contributed by atoms with Crippen LogP contribution < -0.4 is 20.5 Å². The van der Waals surface area contributed by atoms with Gasteiger partial charge >= 0.3 is 0 Å². The fraction of sp³-hybridized carbons (Fsp3) is 0.354. The summed E-state index contributed by atoms with van der Waals surface area (Å²) in [7, 11) is -2.20. The summed E-state index contributed by atoms with van der Waals surface area (Å²) in [5.74, 6) is -2.17. The molecule has 0 bridgehead atoms. The average Bonchev–Trinajstić information content (AvgIpc) is 3.81. The van der Waals surface area contributed by atoms with Gasteiger partial charge in [-0.1, -0.05) is 48.9 Å². The lowest BCUT2D eigenvalue weighted by Crippen LogP contribution is -2.40. The Hall–Kier alpha value is -6.11. The van der Waals surface area contributed by atoms with Crippen molar-refractivity contribution >= 4 is 44.1 Å². The van der Waals surface area contributed by atoms with Crippen LogP contribution >= 0.6 is 11.6 Å². The van der Waals surface area contributed by atoms with Crippen molar-refractivity contribution < 1.29 is 26.7 Å². The summed E-state index contributed by atoms with van der Waals surface area (Å²) in [5, 5.41) is 21.6. The fourth-order valence-corrected chi connectivity index (χ4v) is 9.89. The number of nitrogens with one attached hydrogen (secondary N) is 2. The van der Waals surface area contributed by atoms with Crippen LogP contribution in [0.4, 0.5) is 14.6 Å². The number of hydrogen-bond donors (Lipinski definition) is 2. The van der Waals surface area contributed by atoms with E-state index in [0.29, 0.717) is 39.0 Å². The molecule has 2 N–H and O–H groups in total. The normalized spacial score (nSPS) is 17.3. The maximum absolute atomic E-state index is 16.6. The third-order valence-corrected chi connectivity index (χ3v) is 14.7. The van der Waals surface area contributed by atoms with E-state index in [0.717, 1.165) is 70.0 Å². The second-order valence-electron chi connectivity index (χ2n) is 16.7. The number of fused-ring (bicyclic) bond motifs is 1. The monoisotopic (exact) mass is 907 g/mol. The highest BCUT2D eigenvalue weighted by Crippen LogP contribution is 2.43. The minimum atomic E-state index is -3.72. The van der Waals surface area contributed by atoms with E-state index in [1.165, 1.54) is 55.1 Å². The summed E-state index contributed by atoms with van der Waals surface area (Å²) < 4.78 is 66.4. The van der Waals surface area contributed by atoms with Crippen molar-refractivity contribution in [2.24, 2.45) is 13.0 Å². The van der Waals surface area contributed by atoms with Gasteiger partial charge in [-0.15, -0.1) is 10.2 Å². The van der Waals surface area contributed by atoms with E-state index in [9.17, 15) is 18.0 Å². The molecular formula is C48H48ClF2N7O5S. The second kappa shape index (κ2) is 18.5. The molecule has 3 aromatic carbocycles.